The number of hydrogen-bond acceptors (Lipinski definition) is 5. The van der Waals surface area contributed by atoms with E-state index < -0.39 is 17.4 Å². The van der Waals surface area contributed by atoms with Crippen LogP contribution in [0.4, 0.5) is 0 Å². The first-order valence-corrected chi connectivity index (χ1v) is 9.26. The molecule has 142 valence electrons. The van der Waals surface area contributed by atoms with Crippen molar-refractivity contribution >= 4 is 33.7 Å². The van der Waals surface area contributed by atoms with Crippen molar-refractivity contribution in [1.82, 2.24) is 4.57 Å². The first kappa shape index (κ1) is 19.4. The van der Waals surface area contributed by atoms with E-state index >= 15 is 0 Å². The van der Waals surface area contributed by atoms with Crippen molar-refractivity contribution in [3.8, 4) is 0 Å². The smallest absolute Gasteiger partial charge is 0.329 e. The summed E-state index contributed by atoms with van der Waals surface area (Å²) in [5, 5.41) is 0. The Morgan fingerprint density at radius 2 is 1.59 bits per heavy atom. The second kappa shape index (κ2) is 6.96. The predicted molar refractivity (Wildman–Crippen MR) is 102 cm³/mol. The van der Waals surface area contributed by atoms with E-state index in [9.17, 15) is 14.4 Å². The molecule has 1 aliphatic rings. The number of carbonyl (C=O) groups excluding carboxylic acids is 3. The van der Waals surface area contributed by atoms with Crippen LogP contribution in [0.15, 0.2) is 28.7 Å². The fraction of sp³-hybridized carbons (Fsp3) is 0.350. The molecule has 1 aromatic carbocycles. The van der Waals surface area contributed by atoms with E-state index in [-0.39, 0.29) is 12.2 Å². The standard InChI is InChI=1S/C20H20BrNO5/c1-11-5-7-13(8-6-11)16(23)15-12(2)14(21)17-20(18(24)26-3,19(25)27-4)9-10-22(15)17/h5-8H,9-10H2,1-4H3. The Balaban J connectivity index is 2.22. The van der Waals surface area contributed by atoms with Crippen LogP contribution in [0.25, 0.3) is 0 Å². The molecule has 1 aliphatic heterocycles. The van der Waals surface area contributed by atoms with Crippen molar-refractivity contribution < 1.29 is 23.9 Å². The normalized spacial score (nSPS) is 14.6. The van der Waals surface area contributed by atoms with Crippen LogP contribution < -0.4 is 0 Å². The number of methoxy groups -OCH3 is 2. The zero-order valence-corrected chi connectivity index (χ0v) is 17.2. The van der Waals surface area contributed by atoms with E-state index in [1.165, 1.54) is 14.2 Å². The molecule has 0 spiro atoms. The summed E-state index contributed by atoms with van der Waals surface area (Å²) in [6.07, 6.45) is 0.175. The minimum atomic E-state index is -1.58. The largest absolute Gasteiger partial charge is 0.468 e. The average Bonchev–Trinajstić information content (AvgIpc) is 3.18. The summed E-state index contributed by atoms with van der Waals surface area (Å²) in [7, 11) is 2.47. The van der Waals surface area contributed by atoms with Crippen molar-refractivity contribution in [3.63, 3.8) is 0 Å². The lowest BCUT2D eigenvalue weighted by molar-refractivity contribution is -0.162. The highest BCUT2D eigenvalue weighted by atomic mass is 79.9. The van der Waals surface area contributed by atoms with Crippen LogP contribution in [0.1, 0.15) is 39.3 Å². The SMILES string of the molecule is COC(=O)C1(C(=O)OC)CCn2c(C(=O)c3ccc(C)cc3)c(C)c(Br)c21. The third kappa shape index (κ3) is 2.72. The molecule has 7 heteroatoms. The number of hydrogen-bond donors (Lipinski definition) is 0. The summed E-state index contributed by atoms with van der Waals surface area (Å²) in [5.41, 5.74) is 1.56. The second-order valence-corrected chi connectivity index (χ2v) is 7.41. The summed E-state index contributed by atoms with van der Waals surface area (Å²) in [4.78, 5) is 38.4. The van der Waals surface area contributed by atoms with Crippen LogP contribution >= 0.6 is 15.9 Å². The number of nitrogens with zero attached hydrogens (tertiary/aromatic N) is 1. The monoisotopic (exact) mass is 433 g/mol. The molecule has 3 rings (SSSR count). The Labute approximate surface area is 165 Å². The van der Waals surface area contributed by atoms with Crippen molar-refractivity contribution in [3.05, 3.63) is 56.8 Å². The van der Waals surface area contributed by atoms with E-state index in [0.717, 1.165) is 5.56 Å². The van der Waals surface area contributed by atoms with E-state index in [2.05, 4.69) is 15.9 Å². The van der Waals surface area contributed by atoms with Gasteiger partial charge in [-0.05, 0) is 41.8 Å². The number of fused-ring (bicyclic) bond motifs is 1. The summed E-state index contributed by atoms with van der Waals surface area (Å²) in [5.74, 6) is -1.55. The van der Waals surface area contributed by atoms with Crippen LogP contribution in [-0.2, 0) is 31.0 Å². The molecular weight excluding hydrogens is 414 g/mol. The summed E-state index contributed by atoms with van der Waals surface area (Å²) < 4.78 is 12.1. The van der Waals surface area contributed by atoms with Gasteiger partial charge in [-0.25, -0.2) is 0 Å². The van der Waals surface area contributed by atoms with Gasteiger partial charge in [-0.3, -0.25) is 14.4 Å². The van der Waals surface area contributed by atoms with Gasteiger partial charge in [-0.15, -0.1) is 0 Å². The summed E-state index contributed by atoms with van der Waals surface area (Å²) in [6, 6.07) is 7.29. The molecule has 0 unspecified atom stereocenters. The average molecular weight is 434 g/mol. The van der Waals surface area contributed by atoms with Crippen LogP contribution in [-0.4, -0.2) is 36.5 Å². The molecular formula is C20H20BrNO5. The van der Waals surface area contributed by atoms with Crippen LogP contribution in [0.2, 0.25) is 0 Å². The highest BCUT2D eigenvalue weighted by Gasteiger charge is 2.57. The number of rotatable bonds is 4. The fourth-order valence-electron chi connectivity index (χ4n) is 3.72. The lowest BCUT2D eigenvalue weighted by atomic mass is 9.83. The molecule has 0 atom stereocenters. The van der Waals surface area contributed by atoms with Gasteiger partial charge in [0, 0.05) is 16.6 Å². The molecule has 1 aromatic heterocycles. The van der Waals surface area contributed by atoms with Gasteiger partial charge in [-0.1, -0.05) is 29.8 Å². The van der Waals surface area contributed by atoms with Crippen molar-refractivity contribution in [2.75, 3.05) is 14.2 Å². The Morgan fingerprint density at radius 1 is 1.04 bits per heavy atom. The maximum Gasteiger partial charge on any atom is 0.329 e. The van der Waals surface area contributed by atoms with Crippen molar-refractivity contribution in [2.45, 2.75) is 32.2 Å². The minimum absolute atomic E-state index is 0.162. The zero-order valence-electron chi connectivity index (χ0n) is 15.6. The maximum absolute atomic E-state index is 13.2. The van der Waals surface area contributed by atoms with E-state index in [0.29, 0.717) is 33.5 Å². The number of aromatic nitrogens is 1. The molecule has 0 saturated carbocycles. The third-order valence-electron chi connectivity index (χ3n) is 5.14. The highest BCUT2D eigenvalue weighted by molar-refractivity contribution is 9.10. The minimum Gasteiger partial charge on any atom is -0.468 e. The molecule has 2 heterocycles. The number of halogens is 1. The van der Waals surface area contributed by atoms with Gasteiger partial charge < -0.3 is 14.0 Å². The van der Waals surface area contributed by atoms with E-state index in [1.807, 2.05) is 19.1 Å². The maximum atomic E-state index is 13.2. The lowest BCUT2D eigenvalue weighted by Gasteiger charge is -2.23. The summed E-state index contributed by atoms with van der Waals surface area (Å²) in [6.45, 7) is 4.07. The number of carbonyl (C=O) groups is 3. The Bertz CT molecular complexity index is 926. The van der Waals surface area contributed by atoms with Crippen molar-refractivity contribution in [2.24, 2.45) is 0 Å². The third-order valence-corrected chi connectivity index (χ3v) is 6.11. The molecule has 2 aromatic rings. The van der Waals surface area contributed by atoms with Crippen LogP contribution in [0.5, 0.6) is 0 Å². The van der Waals surface area contributed by atoms with Gasteiger partial charge in [0.05, 0.1) is 25.6 Å². The molecule has 0 fully saturated rings. The summed E-state index contributed by atoms with van der Waals surface area (Å²) >= 11 is 3.49. The number of esters is 2. The van der Waals surface area contributed by atoms with Gasteiger partial charge >= 0.3 is 11.9 Å². The first-order valence-electron chi connectivity index (χ1n) is 8.46. The van der Waals surface area contributed by atoms with Crippen LogP contribution in [0.3, 0.4) is 0 Å². The molecule has 6 nitrogen and oxygen atoms in total. The van der Waals surface area contributed by atoms with Gasteiger partial charge in [0.2, 0.25) is 11.2 Å². The van der Waals surface area contributed by atoms with Crippen LogP contribution in [0, 0.1) is 13.8 Å². The molecule has 0 aliphatic carbocycles. The Hall–Kier alpha value is -2.41. The number of benzene rings is 1. The Kier molecular flexibility index (Phi) is 4.99. The number of aryl methyl sites for hydroxylation is 1. The zero-order chi connectivity index (χ0) is 19.9. The Morgan fingerprint density at radius 3 is 2.11 bits per heavy atom. The molecule has 0 N–H and O–H groups in total. The molecule has 0 saturated heterocycles. The van der Waals surface area contributed by atoms with Gasteiger partial charge in [0.25, 0.3) is 0 Å². The lowest BCUT2D eigenvalue weighted by Crippen LogP contribution is -2.44. The van der Waals surface area contributed by atoms with Gasteiger partial charge in [0.1, 0.15) is 0 Å². The van der Waals surface area contributed by atoms with Crippen molar-refractivity contribution in [1.29, 1.82) is 0 Å². The number of ketones is 1. The number of ether oxygens (including phenoxy) is 2. The molecule has 27 heavy (non-hydrogen) atoms. The fourth-order valence-corrected chi connectivity index (χ4v) is 4.46. The highest BCUT2D eigenvalue weighted by Crippen LogP contribution is 2.45. The molecule has 0 bridgehead atoms. The quantitative estimate of drug-likeness (QED) is 0.420. The predicted octanol–water partition coefficient (Wildman–Crippen LogP) is 3.09. The van der Waals surface area contributed by atoms with E-state index in [4.69, 9.17) is 9.47 Å². The molecule has 0 radical (unpaired) electrons. The van der Waals surface area contributed by atoms with E-state index in [1.54, 1.807) is 23.6 Å². The molecule has 0 amide bonds. The van der Waals surface area contributed by atoms with Gasteiger partial charge in [-0.2, -0.15) is 0 Å². The second-order valence-electron chi connectivity index (χ2n) is 6.62. The first-order chi connectivity index (χ1) is 12.8. The topological polar surface area (TPSA) is 74.6 Å². The van der Waals surface area contributed by atoms with Gasteiger partial charge in [0.15, 0.2) is 0 Å².